The second-order valence-corrected chi connectivity index (χ2v) is 5.14. The van der Waals surface area contributed by atoms with Crippen molar-refractivity contribution in [2.45, 2.75) is 33.1 Å². The van der Waals surface area contributed by atoms with E-state index in [4.69, 9.17) is 5.11 Å². The minimum Gasteiger partial charge on any atom is -0.396 e. The molecule has 2 N–H and O–H groups in total. The number of amides is 1. The van der Waals surface area contributed by atoms with Crippen LogP contribution in [0.25, 0.3) is 0 Å². The molecule has 0 saturated heterocycles. The van der Waals surface area contributed by atoms with E-state index in [2.05, 4.69) is 12.2 Å². The summed E-state index contributed by atoms with van der Waals surface area (Å²) < 4.78 is 0. The molecular weight excluding hydrogens is 272 g/mol. The van der Waals surface area contributed by atoms with E-state index in [1.165, 1.54) is 6.07 Å². The van der Waals surface area contributed by atoms with Crippen molar-refractivity contribution in [3.8, 4) is 0 Å². The maximum atomic E-state index is 12.0. The number of carbonyl (C=O) groups is 1. The Hall–Kier alpha value is -1.95. The predicted molar refractivity (Wildman–Crippen MR) is 80.3 cm³/mol. The first-order valence-electron chi connectivity index (χ1n) is 7.13. The number of nitrogens with zero attached hydrogens (tertiary/aromatic N) is 1. The number of carbonyl (C=O) groups excluding carboxylic acids is 1. The summed E-state index contributed by atoms with van der Waals surface area (Å²) in [5, 5.41) is 22.6. The van der Waals surface area contributed by atoms with Gasteiger partial charge in [0.1, 0.15) is 0 Å². The van der Waals surface area contributed by atoms with Crippen LogP contribution in [0.4, 0.5) is 5.69 Å². The summed E-state index contributed by atoms with van der Waals surface area (Å²) in [5.41, 5.74) is 0.760. The molecule has 21 heavy (non-hydrogen) atoms. The first-order chi connectivity index (χ1) is 9.99. The maximum Gasteiger partial charge on any atom is 0.273 e. The normalized spacial score (nSPS) is 12.0. The van der Waals surface area contributed by atoms with E-state index >= 15 is 0 Å². The lowest BCUT2D eigenvalue weighted by molar-refractivity contribution is -0.385. The summed E-state index contributed by atoms with van der Waals surface area (Å²) in [6.07, 6.45) is 2.55. The lowest BCUT2D eigenvalue weighted by Gasteiger charge is -2.15. The number of nitro groups is 1. The number of nitrogens with one attached hydrogen (secondary N) is 1. The molecule has 0 aromatic heterocycles. The monoisotopic (exact) mass is 294 g/mol. The molecule has 1 atom stereocenters. The molecule has 0 fully saturated rings. The van der Waals surface area contributed by atoms with Crippen LogP contribution in [0.15, 0.2) is 18.2 Å². The highest BCUT2D eigenvalue weighted by molar-refractivity contribution is 5.94. The standard InChI is InChI=1S/C15H22N2O4/c1-3-4-12(7-8-18)10-16-15(19)13-6-5-11(2)14(9-13)17(20)21/h5-6,9,12,18H,3-4,7-8,10H2,1-2H3,(H,16,19). The fourth-order valence-corrected chi connectivity index (χ4v) is 2.23. The van der Waals surface area contributed by atoms with Gasteiger partial charge in [0.25, 0.3) is 11.6 Å². The molecule has 1 unspecified atom stereocenters. The highest BCUT2D eigenvalue weighted by Crippen LogP contribution is 2.19. The van der Waals surface area contributed by atoms with Crippen LogP contribution in [0, 0.1) is 23.0 Å². The van der Waals surface area contributed by atoms with Gasteiger partial charge in [0, 0.05) is 30.3 Å². The van der Waals surface area contributed by atoms with Crippen LogP contribution in [0.1, 0.15) is 42.1 Å². The van der Waals surface area contributed by atoms with Gasteiger partial charge in [0.05, 0.1) is 4.92 Å². The molecule has 1 rings (SSSR count). The molecule has 1 aromatic carbocycles. The van der Waals surface area contributed by atoms with Gasteiger partial charge in [-0.3, -0.25) is 14.9 Å². The van der Waals surface area contributed by atoms with Crippen LogP contribution in [0.5, 0.6) is 0 Å². The van der Waals surface area contributed by atoms with Crippen molar-refractivity contribution < 1.29 is 14.8 Å². The van der Waals surface area contributed by atoms with Crippen LogP contribution < -0.4 is 5.32 Å². The van der Waals surface area contributed by atoms with Gasteiger partial charge in [0.2, 0.25) is 0 Å². The van der Waals surface area contributed by atoms with Crippen molar-refractivity contribution in [1.29, 1.82) is 0 Å². The van der Waals surface area contributed by atoms with Gasteiger partial charge in [0.15, 0.2) is 0 Å². The van der Waals surface area contributed by atoms with E-state index in [-0.39, 0.29) is 29.7 Å². The number of aliphatic hydroxyl groups is 1. The largest absolute Gasteiger partial charge is 0.396 e. The van der Waals surface area contributed by atoms with Crippen molar-refractivity contribution >= 4 is 11.6 Å². The SMILES string of the molecule is CCCC(CCO)CNC(=O)c1ccc(C)c([N+](=O)[O-])c1. The Labute approximate surface area is 124 Å². The number of benzene rings is 1. The van der Waals surface area contributed by atoms with Crippen molar-refractivity contribution in [3.05, 3.63) is 39.4 Å². The quantitative estimate of drug-likeness (QED) is 0.569. The molecule has 0 radical (unpaired) electrons. The molecule has 0 saturated carbocycles. The summed E-state index contributed by atoms with van der Waals surface area (Å²) >= 11 is 0. The molecule has 1 amide bonds. The predicted octanol–water partition coefficient (Wildman–Crippen LogP) is 2.43. The first-order valence-corrected chi connectivity index (χ1v) is 7.13. The third-order valence-corrected chi connectivity index (χ3v) is 3.45. The second-order valence-electron chi connectivity index (χ2n) is 5.14. The minimum atomic E-state index is -0.488. The zero-order valence-electron chi connectivity index (χ0n) is 12.5. The smallest absolute Gasteiger partial charge is 0.273 e. The van der Waals surface area contributed by atoms with Gasteiger partial charge in [-0.05, 0) is 31.7 Å². The van der Waals surface area contributed by atoms with E-state index in [0.717, 1.165) is 12.8 Å². The minimum absolute atomic E-state index is 0.0527. The van der Waals surface area contributed by atoms with Gasteiger partial charge in [-0.1, -0.05) is 19.4 Å². The summed E-state index contributed by atoms with van der Waals surface area (Å²) in [6, 6.07) is 4.45. The number of hydrogen-bond acceptors (Lipinski definition) is 4. The van der Waals surface area contributed by atoms with E-state index in [0.29, 0.717) is 18.5 Å². The van der Waals surface area contributed by atoms with Crippen LogP contribution in [0.3, 0.4) is 0 Å². The number of aliphatic hydroxyl groups excluding tert-OH is 1. The zero-order valence-corrected chi connectivity index (χ0v) is 12.5. The molecule has 0 bridgehead atoms. The Bertz CT molecular complexity index is 496. The summed E-state index contributed by atoms with van der Waals surface area (Å²) in [6.45, 7) is 4.25. The molecule has 0 aliphatic carbocycles. The molecule has 0 spiro atoms. The van der Waals surface area contributed by atoms with Crippen molar-refractivity contribution in [2.24, 2.45) is 5.92 Å². The third-order valence-electron chi connectivity index (χ3n) is 3.45. The lowest BCUT2D eigenvalue weighted by Crippen LogP contribution is -2.29. The van der Waals surface area contributed by atoms with Crippen molar-refractivity contribution in [3.63, 3.8) is 0 Å². The average molecular weight is 294 g/mol. The summed E-state index contributed by atoms with van der Waals surface area (Å²) in [7, 11) is 0. The Kier molecular flexibility index (Phi) is 6.81. The van der Waals surface area contributed by atoms with Gasteiger partial charge >= 0.3 is 0 Å². The zero-order chi connectivity index (χ0) is 15.8. The molecule has 0 aliphatic rings. The number of nitro benzene ring substituents is 1. The summed E-state index contributed by atoms with van der Waals surface area (Å²) in [4.78, 5) is 22.4. The topological polar surface area (TPSA) is 92.5 Å². The Morgan fingerprint density at radius 3 is 2.71 bits per heavy atom. The molecule has 0 aliphatic heterocycles. The van der Waals surface area contributed by atoms with Crippen molar-refractivity contribution in [1.82, 2.24) is 5.32 Å². The maximum absolute atomic E-state index is 12.0. The summed E-state index contributed by atoms with van der Waals surface area (Å²) in [5.74, 6) is -0.0958. The Balaban J connectivity index is 2.71. The number of hydrogen-bond donors (Lipinski definition) is 2. The van der Waals surface area contributed by atoms with Crippen LogP contribution in [-0.4, -0.2) is 29.1 Å². The molecular formula is C15H22N2O4. The van der Waals surface area contributed by atoms with Gasteiger partial charge in [-0.15, -0.1) is 0 Å². The van der Waals surface area contributed by atoms with Gasteiger partial charge in [-0.25, -0.2) is 0 Å². The Morgan fingerprint density at radius 1 is 1.43 bits per heavy atom. The van der Waals surface area contributed by atoms with E-state index in [9.17, 15) is 14.9 Å². The average Bonchev–Trinajstić information content (AvgIpc) is 2.45. The van der Waals surface area contributed by atoms with E-state index < -0.39 is 4.92 Å². The highest BCUT2D eigenvalue weighted by atomic mass is 16.6. The lowest BCUT2D eigenvalue weighted by atomic mass is 10.00. The van der Waals surface area contributed by atoms with E-state index in [1.807, 2.05) is 0 Å². The fourth-order valence-electron chi connectivity index (χ4n) is 2.23. The highest BCUT2D eigenvalue weighted by Gasteiger charge is 2.16. The molecule has 6 nitrogen and oxygen atoms in total. The molecule has 6 heteroatoms. The van der Waals surface area contributed by atoms with Crippen LogP contribution >= 0.6 is 0 Å². The third kappa shape index (κ3) is 5.15. The second kappa shape index (κ2) is 8.36. The number of aryl methyl sites for hydroxylation is 1. The molecule has 1 aromatic rings. The molecule has 116 valence electrons. The first kappa shape index (κ1) is 17.1. The van der Waals surface area contributed by atoms with Gasteiger partial charge < -0.3 is 10.4 Å². The number of rotatable bonds is 8. The van der Waals surface area contributed by atoms with Crippen LogP contribution in [-0.2, 0) is 0 Å². The fraction of sp³-hybridized carbons (Fsp3) is 0.533. The van der Waals surface area contributed by atoms with Gasteiger partial charge in [-0.2, -0.15) is 0 Å². The van der Waals surface area contributed by atoms with Crippen LogP contribution in [0.2, 0.25) is 0 Å². The Morgan fingerprint density at radius 2 is 2.14 bits per heavy atom. The van der Waals surface area contributed by atoms with E-state index in [1.54, 1.807) is 19.1 Å². The van der Waals surface area contributed by atoms with Crippen molar-refractivity contribution in [2.75, 3.05) is 13.2 Å². The molecule has 0 heterocycles.